The molecule has 0 aromatic carbocycles. The summed E-state index contributed by atoms with van der Waals surface area (Å²) in [6.45, 7) is 9.14. The summed E-state index contributed by atoms with van der Waals surface area (Å²) in [6.07, 6.45) is 5.46. The first-order valence-corrected chi connectivity index (χ1v) is 5.22. The Labute approximate surface area is 76.3 Å². The van der Waals surface area contributed by atoms with Gasteiger partial charge < -0.3 is 4.99 Å². The topological polar surface area (TPSA) is 12.4 Å². The van der Waals surface area contributed by atoms with Crippen LogP contribution in [0.4, 0.5) is 0 Å². The summed E-state index contributed by atoms with van der Waals surface area (Å²) in [5.74, 6) is 3.02. The maximum absolute atomic E-state index is 3.88. The van der Waals surface area contributed by atoms with Gasteiger partial charge in [0.15, 0.2) is 0 Å². The fraction of sp³-hybridized carbons (Fsp3) is 0.909. The second-order valence-corrected chi connectivity index (χ2v) is 4.13. The van der Waals surface area contributed by atoms with Crippen LogP contribution in [-0.2, 0) is 0 Å². The van der Waals surface area contributed by atoms with Crippen LogP contribution in [0, 0.1) is 17.8 Å². The minimum absolute atomic E-state index is 0.951. The Morgan fingerprint density at radius 1 is 1.58 bits per heavy atom. The van der Waals surface area contributed by atoms with Crippen LogP contribution < -0.4 is 0 Å². The van der Waals surface area contributed by atoms with Crippen LogP contribution in [0.3, 0.4) is 0 Å². The van der Waals surface area contributed by atoms with Crippen molar-refractivity contribution in [2.45, 2.75) is 39.5 Å². The second-order valence-electron chi connectivity index (χ2n) is 4.13. The van der Waals surface area contributed by atoms with Crippen molar-refractivity contribution in [3.05, 3.63) is 0 Å². The van der Waals surface area contributed by atoms with Gasteiger partial charge in [-0.3, -0.25) is 0 Å². The second kappa shape index (κ2) is 4.64. The molecule has 0 aromatic rings. The third-order valence-electron chi connectivity index (χ3n) is 3.24. The average molecular weight is 167 g/mol. The third kappa shape index (κ3) is 2.62. The molecule has 1 nitrogen and oxygen atoms in total. The molecule has 3 unspecified atom stereocenters. The quantitative estimate of drug-likeness (QED) is 0.425. The largest absolute Gasteiger partial charge is 0.301 e. The van der Waals surface area contributed by atoms with Gasteiger partial charge in [-0.25, -0.2) is 0 Å². The molecule has 0 amide bonds. The van der Waals surface area contributed by atoms with Crippen molar-refractivity contribution in [2.24, 2.45) is 22.7 Å². The van der Waals surface area contributed by atoms with E-state index in [1.807, 2.05) is 0 Å². The van der Waals surface area contributed by atoms with Crippen LogP contribution in [0.15, 0.2) is 4.99 Å². The monoisotopic (exact) mass is 167 g/mol. The van der Waals surface area contributed by atoms with Crippen LogP contribution >= 0.6 is 0 Å². The molecule has 1 heteroatoms. The maximum atomic E-state index is 3.88. The summed E-state index contributed by atoms with van der Waals surface area (Å²) in [4.78, 5) is 3.88. The zero-order valence-corrected chi connectivity index (χ0v) is 8.42. The molecule has 1 aliphatic carbocycles. The SMILES string of the molecule is C=NCCCC1CC1C(C)CC. The molecule has 0 aromatic heterocycles. The van der Waals surface area contributed by atoms with Crippen molar-refractivity contribution < 1.29 is 0 Å². The van der Waals surface area contributed by atoms with Gasteiger partial charge in [0.2, 0.25) is 0 Å². The Morgan fingerprint density at radius 3 is 2.92 bits per heavy atom. The molecule has 0 saturated heterocycles. The smallest absolute Gasteiger partial charge is 0.0382 e. The highest BCUT2D eigenvalue weighted by molar-refractivity contribution is 5.22. The van der Waals surface area contributed by atoms with E-state index in [0.29, 0.717) is 0 Å². The summed E-state index contributed by atoms with van der Waals surface area (Å²) in [5, 5.41) is 0. The molecule has 0 N–H and O–H groups in total. The standard InChI is InChI=1S/C11H21N/c1-4-9(2)11-8-10(11)6-5-7-12-3/h9-11H,3-8H2,1-2H3. The lowest BCUT2D eigenvalue weighted by Gasteiger charge is -2.06. The van der Waals surface area contributed by atoms with Crippen LogP contribution in [0.5, 0.6) is 0 Å². The predicted octanol–water partition coefficient (Wildman–Crippen LogP) is 3.15. The summed E-state index contributed by atoms with van der Waals surface area (Å²) in [6, 6.07) is 0. The summed E-state index contributed by atoms with van der Waals surface area (Å²) >= 11 is 0. The summed E-state index contributed by atoms with van der Waals surface area (Å²) < 4.78 is 0. The number of hydrogen-bond acceptors (Lipinski definition) is 1. The molecule has 0 heterocycles. The number of rotatable bonds is 6. The first-order valence-electron chi connectivity index (χ1n) is 5.22. The van der Waals surface area contributed by atoms with Crippen molar-refractivity contribution in [3.63, 3.8) is 0 Å². The molecular formula is C11H21N. The fourth-order valence-electron chi connectivity index (χ4n) is 2.07. The molecule has 3 atom stereocenters. The molecule has 1 aliphatic rings. The average Bonchev–Trinajstić information content (AvgIpc) is 2.83. The minimum Gasteiger partial charge on any atom is -0.301 e. The number of nitrogens with zero attached hydrogens (tertiary/aromatic N) is 1. The Morgan fingerprint density at radius 2 is 2.33 bits per heavy atom. The highest BCUT2D eigenvalue weighted by atomic mass is 14.7. The van der Waals surface area contributed by atoms with E-state index in [1.165, 1.54) is 25.7 Å². The fourth-order valence-corrected chi connectivity index (χ4v) is 2.07. The lowest BCUT2D eigenvalue weighted by molar-refractivity contribution is 0.448. The molecular weight excluding hydrogens is 146 g/mol. The lowest BCUT2D eigenvalue weighted by atomic mass is 10.0. The van der Waals surface area contributed by atoms with Crippen LogP contribution in [0.1, 0.15) is 39.5 Å². The van der Waals surface area contributed by atoms with Crippen LogP contribution in [0.25, 0.3) is 0 Å². The maximum Gasteiger partial charge on any atom is 0.0382 e. The van der Waals surface area contributed by atoms with Crippen molar-refractivity contribution in [2.75, 3.05) is 6.54 Å². The Balaban J connectivity index is 2.03. The van der Waals surface area contributed by atoms with Crippen molar-refractivity contribution in [3.8, 4) is 0 Å². The first kappa shape index (κ1) is 9.76. The van der Waals surface area contributed by atoms with Gasteiger partial charge >= 0.3 is 0 Å². The summed E-state index contributed by atoms with van der Waals surface area (Å²) in [7, 11) is 0. The Bertz CT molecular complexity index is 142. The molecule has 1 rings (SSSR count). The van der Waals surface area contributed by atoms with E-state index in [4.69, 9.17) is 0 Å². The lowest BCUT2D eigenvalue weighted by Crippen LogP contribution is -1.97. The minimum atomic E-state index is 0.951. The van der Waals surface area contributed by atoms with E-state index in [2.05, 4.69) is 25.6 Å². The van der Waals surface area contributed by atoms with Gasteiger partial charge in [-0.05, 0) is 43.7 Å². The van der Waals surface area contributed by atoms with E-state index in [1.54, 1.807) is 0 Å². The first-order chi connectivity index (χ1) is 5.79. The van der Waals surface area contributed by atoms with E-state index in [9.17, 15) is 0 Å². The third-order valence-corrected chi connectivity index (χ3v) is 3.24. The van der Waals surface area contributed by atoms with E-state index < -0.39 is 0 Å². The van der Waals surface area contributed by atoms with Gasteiger partial charge in [0.1, 0.15) is 0 Å². The normalized spacial score (nSPS) is 29.8. The molecule has 0 spiro atoms. The van der Waals surface area contributed by atoms with E-state index in [-0.39, 0.29) is 0 Å². The molecule has 0 aliphatic heterocycles. The van der Waals surface area contributed by atoms with Crippen LogP contribution in [-0.4, -0.2) is 13.3 Å². The van der Waals surface area contributed by atoms with Crippen molar-refractivity contribution in [1.82, 2.24) is 0 Å². The highest BCUT2D eigenvalue weighted by Gasteiger charge is 2.38. The Kier molecular flexibility index (Phi) is 3.77. The molecule has 70 valence electrons. The zero-order valence-electron chi connectivity index (χ0n) is 8.42. The van der Waals surface area contributed by atoms with Crippen LogP contribution in [0.2, 0.25) is 0 Å². The molecule has 12 heavy (non-hydrogen) atoms. The van der Waals surface area contributed by atoms with Gasteiger partial charge in [-0.1, -0.05) is 20.3 Å². The number of hydrogen-bond donors (Lipinski definition) is 0. The molecule has 0 bridgehead atoms. The van der Waals surface area contributed by atoms with Crippen molar-refractivity contribution >= 4 is 6.72 Å². The molecule has 1 fully saturated rings. The van der Waals surface area contributed by atoms with E-state index >= 15 is 0 Å². The Hall–Kier alpha value is -0.330. The highest BCUT2D eigenvalue weighted by Crippen LogP contribution is 2.47. The van der Waals surface area contributed by atoms with Gasteiger partial charge in [-0.15, -0.1) is 0 Å². The molecule has 0 radical (unpaired) electrons. The predicted molar refractivity (Wildman–Crippen MR) is 54.7 cm³/mol. The van der Waals surface area contributed by atoms with Gasteiger partial charge in [0.25, 0.3) is 0 Å². The van der Waals surface area contributed by atoms with Gasteiger partial charge in [0.05, 0.1) is 0 Å². The number of aliphatic imine (C=N–C) groups is 1. The van der Waals surface area contributed by atoms with E-state index in [0.717, 1.165) is 24.3 Å². The molecule has 1 saturated carbocycles. The van der Waals surface area contributed by atoms with Gasteiger partial charge in [0, 0.05) is 6.54 Å². The van der Waals surface area contributed by atoms with Gasteiger partial charge in [-0.2, -0.15) is 0 Å². The van der Waals surface area contributed by atoms with Crippen molar-refractivity contribution in [1.29, 1.82) is 0 Å². The summed E-state index contributed by atoms with van der Waals surface area (Å²) in [5.41, 5.74) is 0. The zero-order chi connectivity index (χ0) is 8.97.